The molecule has 0 aromatic heterocycles. The smallest absolute Gasteiger partial charge is 0.264 e. The van der Waals surface area contributed by atoms with Gasteiger partial charge in [-0.05, 0) is 43.3 Å². The molecule has 1 N–H and O–H groups in total. The fraction of sp³-hybridized carbons (Fsp3) is 0.0952. The zero-order valence-electron chi connectivity index (χ0n) is 15.5. The summed E-state index contributed by atoms with van der Waals surface area (Å²) in [6.07, 6.45) is 0. The molecule has 29 heavy (non-hydrogen) atoms. The van der Waals surface area contributed by atoms with Crippen molar-refractivity contribution in [3.8, 4) is 0 Å². The molecule has 150 valence electrons. The van der Waals surface area contributed by atoms with E-state index in [0.29, 0.717) is 5.69 Å². The average molecular weight is 449 g/mol. The minimum Gasteiger partial charge on any atom is -0.325 e. The molecule has 8 heteroatoms. The third-order valence-corrected chi connectivity index (χ3v) is 6.74. The number of amides is 1. The maximum absolute atomic E-state index is 13.3. The van der Waals surface area contributed by atoms with Gasteiger partial charge in [0.15, 0.2) is 0 Å². The van der Waals surface area contributed by atoms with Crippen LogP contribution in [0.4, 0.5) is 11.4 Å². The zero-order valence-corrected chi connectivity index (χ0v) is 17.8. The van der Waals surface area contributed by atoms with Crippen molar-refractivity contribution >= 4 is 50.5 Å². The molecule has 5 nitrogen and oxygen atoms in total. The van der Waals surface area contributed by atoms with E-state index in [4.69, 9.17) is 23.2 Å². The van der Waals surface area contributed by atoms with Gasteiger partial charge in [0.05, 0.1) is 20.6 Å². The lowest BCUT2D eigenvalue weighted by Gasteiger charge is -2.25. The summed E-state index contributed by atoms with van der Waals surface area (Å²) >= 11 is 12.4. The van der Waals surface area contributed by atoms with Gasteiger partial charge in [0.2, 0.25) is 5.91 Å². The van der Waals surface area contributed by atoms with Crippen LogP contribution in [0.3, 0.4) is 0 Å². The Morgan fingerprint density at radius 3 is 2.24 bits per heavy atom. The lowest BCUT2D eigenvalue weighted by Crippen LogP contribution is -2.38. The summed E-state index contributed by atoms with van der Waals surface area (Å²) < 4.78 is 27.5. The number of sulfonamides is 1. The Labute approximate surface area is 179 Å². The van der Waals surface area contributed by atoms with E-state index >= 15 is 0 Å². The Morgan fingerprint density at radius 1 is 0.931 bits per heavy atom. The van der Waals surface area contributed by atoms with Gasteiger partial charge in [-0.1, -0.05) is 65.2 Å². The first-order chi connectivity index (χ1) is 13.8. The summed E-state index contributed by atoms with van der Waals surface area (Å²) in [5.74, 6) is -0.510. The van der Waals surface area contributed by atoms with Crippen molar-refractivity contribution in [1.82, 2.24) is 0 Å². The molecule has 0 fully saturated rings. The van der Waals surface area contributed by atoms with Gasteiger partial charge >= 0.3 is 0 Å². The van der Waals surface area contributed by atoms with Crippen molar-refractivity contribution in [2.45, 2.75) is 11.8 Å². The van der Waals surface area contributed by atoms with Crippen LogP contribution in [0.2, 0.25) is 10.0 Å². The Balaban J connectivity index is 1.98. The predicted octanol–water partition coefficient (Wildman–Crippen LogP) is 5.14. The molecule has 0 aliphatic carbocycles. The molecule has 0 bridgehead atoms. The molecule has 1 amide bonds. The van der Waals surface area contributed by atoms with Crippen molar-refractivity contribution in [2.75, 3.05) is 16.2 Å². The highest BCUT2D eigenvalue weighted by Gasteiger charge is 2.29. The maximum atomic E-state index is 13.3. The van der Waals surface area contributed by atoms with Crippen LogP contribution in [-0.4, -0.2) is 20.9 Å². The maximum Gasteiger partial charge on any atom is 0.264 e. The molecule has 0 unspecified atom stereocenters. The molecular weight excluding hydrogens is 431 g/mol. The lowest BCUT2D eigenvalue weighted by molar-refractivity contribution is -0.114. The van der Waals surface area contributed by atoms with Gasteiger partial charge in [-0.3, -0.25) is 9.10 Å². The Morgan fingerprint density at radius 2 is 1.59 bits per heavy atom. The molecule has 0 aliphatic rings. The summed E-state index contributed by atoms with van der Waals surface area (Å²) in [6.45, 7) is 1.46. The summed E-state index contributed by atoms with van der Waals surface area (Å²) in [4.78, 5) is 12.7. The van der Waals surface area contributed by atoms with E-state index in [0.717, 1.165) is 9.87 Å². The number of nitrogens with zero attached hydrogens (tertiary/aromatic N) is 1. The fourth-order valence-electron chi connectivity index (χ4n) is 2.67. The summed E-state index contributed by atoms with van der Waals surface area (Å²) in [7, 11) is -4.06. The molecule has 0 spiro atoms. The highest BCUT2D eigenvalue weighted by Crippen LogP contribution is 2.35. The van der Waals surface area contributed by atoms with E-state index in [-0.39, 0.29) is 20.6 Å². The van der Waals surface area contributed by atoms with Crippen molar-refractivity contribution in [1.29, 1.82) is 0 Å². The first-order valence-corrected chi connectivity index (χ1v) is 10.9. The van der Waals surface area contributed by atoms with Crippen LogP contribution >= 0.6 is 23.2 Å². The van der Waals surface area contributed by atoms with Gasteiger partial charge in [0.1, 0.15) is 6.54 Å². The van der Waals surface area contributed by atoms with Gasteiger partial charge in [0.25, 0.3) is 10.0 Å². The molecule has 0 atom stereocenters. The monoisotopic (exact) mass is 448 g/mol. The SMILES string of the molecule is Cc1ccc(NC(=O)CN(c2cccc(Cl)c2Cl)S(=O)(=O)c2ccccc2)cc1. The van der Waals surface area contributed by atoms with E-state index in [9.17, 15) is 13.2 Å². The second kappa shape index (κ2) is 8.86. The Bertz CT molecular complexity index is 1120. The predicted molar refractivity (Wildman–Crippen MR) is 117 cm³/mol. The normalized spacial score (nSPS) is 11.1. The van der Waals surface area contributed by atoms with Crippen molar-refractivity contribution in [3.05, 3.63) is 88.4 Å². The Kier molecular flexibility index (Phi) is 6.47. The van der Waals surface area contributed by atoms with Crippen LogP contribution in [0.25, 0.3) is 0 Å². The molecule has 0 heterocycles. The third-order valence-electron chi connectivity index (χ3n) is 4.15. The van der Waals surface area contributed by atoms with Crippen LogP contribution < -0.4 is 9.62 Å². The first kappa shape index (κ1) is 21.2. The minimum atomic E-state index is -4.06. The van der Waals surface area contributed by atoms with E-state index in [2.05, 4.69) is 5.32 Å². The van der Waals surface area contributed by atoms with Crippen molar-refractivity contribution in [2.24, 2.45) is 0 Å². The van der Waals surface area contributed by atoms with Crippen molar-refractivity contribution in [3.63, 3.8) is 0 Å². The summed E-state index contributed by atoms with van der Waals surface area (Å²) in [5.41, 5.74) is 1.74. The quantitative estimate of drug-likeness (QED) is 0.567. The number of anilines is 2. The second-order valence-electron chi connectivity index (χ2n) is 6.31. The van der Waals surface area contributed by atoms with Gasteiger partial charge < -0.3 is 5.32 Å². The number of carbonyl (C=O) groups excluding carboxylic acids is 1. The number of hydrogen-bond acceptors (Lipinski definition) is 3. The fourth-order valence-corrected chi connectivity index (χ4v) is 4.57. The van der Waals surface area contributed by atoms with Gasteiger partial charge in [-0.2, -0.15) is 0 Å². The van der Waals surface area contributed by atoms with Crippen LogP contribution in [0.5, 0.6) is 0 Å². The van der Waals surface area contributed by atoms with Crippen LogP contribution in [0.1, 0.15) is 5.56 Å². The molecule has 0 radical (unpaired) electrons. The second-order valence-corrected chi connectivity index (χ2v) is 8.96. The Hall–Kier alpha value is -2.54. The molecule has 3 rings (SSSR count). The minimum absolute atomic E-state index is 0.0409. The van der Waals surface area contributed by atoms with Crippen LogP contribution in [-0.2, 0) is 14.8 Å². The number of nitrogens with one attached hydrogen (secondary N) is 1. The van der Waals surface area contributed by atoms with Crippen molar-refractivity contribution < 1.29 is 13.2 Å². The highest BCUT2D eigenvalue weighted by molar-refractivity contribution is 7.92. The summed E-state index contributed by atoms with van der Waals surface area (Å²) in [5, 5.41) is 2.95. The first-order valence-electron chi connectivity index (χ1n) is 8.67. The van der Waals surface area contributed by atoms with Gasteiger partial charge in [-0.15, -0.1) is 0 Å². The molecule has 3 aromatic rings. The highest BCUT2D eigenvalue weighted by atomic mass is 35.5. The molecular formula is C21H18Cl2N2O3S. The van der Waals surface area contributed by atoms with E-state index in [1.165, 1.54) is 18.2 Å². The van der Waals surface area contributed by atoms with Gasteiger partial charge in [-0.25, -0.2) is 8.42 Å². The summed E-state index contributed by atoms with van der Waals surface area (Å²) in [6, 6.07) is 19.7. The molecule has 0 aliphatic heterocycles. The third kappa shape index (κ3) is 4.90. The largest absolute Gasteiger partial charge is 0.325 e. The zero-order chi connectivity index (χ0) is 21.0. The van der Waals surface area contributed by atoms with Gasteiger partial charge in [0, 0.05) is 5.69 Å². The number of benzene rings is 3. The molecule has 0 saturated heterocycles. The molecule has 3 aromatic carbocycles. The van der Waals surface area contributed by atoms with Crippen LogP contribution in [0, 0.1) is 6.92 Å². The molecule has 0 saturated carbocycles. The topological polar surface area (TPSA) is 66.5 Å². The number of halogens is 2. The lowest BCUT2D eigenvalue weighted by atomic mass is 10.2. The number of hydrogen-bond donors (Lipinski definition) is 1. The number of aryl methyl sites for hydroxylation is 1. The number of carbonyl (C=O) groups is 1. The average Bonchev–Trinajstić information content (AvgIpc) is 2.71. The van der Waals surface area contributed by atoms with E-state index < -0.39 is 22.5 Å². The standard InChI is InChI=1S/C21H18Cl2N2O3S/c1-15-10-12-16(13-11-15)24-20(26)14-25(19-9-5-8-18(22)21(19)23)29(27,28)17-6-3-2-4-7-17/h2-13H,14H2,1H3,(H,24,26). The van der Waals surface area contributed by atoms with E-state index in [1.54, 1.807) is 42.5 Å². The van der Waals surface area contributed by atoms with E-state index in [1.807, 2.05) is 19.1 Å². The number of rotatable bonds is 6. The van der Waals surface area contributed by atoms with Crippen LogP contribution in [0.15, 0.2) is 77.7 Å².